The van der Waals surface area contributed by atoms with Gasteiger partial charge in [0.2, 0.25) is 5.91 Å². The highest BCUT2D eigenvalue weighted by atomic mass is 16.2. The van der Waals surface area contributed by atoms with E-state index in [0.29, 0.717) is 19.4 Å². The second kappa shape index (κ2) is 4.95. The quantitative estimate of drug-likeness (QED) is 0.800. The van der Waals surface area contributed by atoms with Crippen LogP contribution >= 0.6 is 0 Å². The number of rotatable bonds is 1. The number of carbonyl (C=O) groups excluding carboxylic acids is 2. The van der Waals surface area contributed by atoms with Crippen LogP contribution in [0.4, 0.5) is 5.69 Å². The van der Waals surface area contributed by atoms with Crippen molar-refractivity contribution in [3.05, 3.63) is 30.3 Å². The highest BCUT2D eigenvalue weighted by molar-refractivity contribution is 6.02. The Balaban J connectivity index is 1.94. The molecule has 1 aromatic carbocycles. The van der Waals surface area contributed by atoms with Crippen LogP contribution in [0.15, 0.2) is 30.3 Å². The Bertz CT molecular complexity index is 659. The Morgan fingerprint density at radius 1 is 1.23 bits per heavy atom. The van der Waals surface area contributed by atoms with E-state index in [9.17, 15) is 14.9 Å². The maximum Gasteiger partial charge on any atom is 0.233 e. The summed E-state index contributed by atoms with van der Waals surface area (Å²) in [6, 6.07) is 11.7. The number of Topliss-reactive ketones (excluding diaryl/α,β-unsaturated/α-hetero) is 1. The molecular weight excluding hydrogens is 276 g/mol. The number of amides is 1. The molecule has 0 radical (unpaired) electrons. The van der Waals surface area contributed by atoms with E-state index in [-0.39, 0.29) is 11.7 Å². The van der Waals surface area contributed by atoms with Crippen molar-refractivity contribution in [2.24, 2.45) is 16.7 Å². The molecule has 22 heavy (non-hydrogen) atoms. The maximum absolute atomic E-state index is 13.0. The summed E-state index contributed by atoms with van der Waals surface area (Å²) in [5, 5.41) is 9.31. The number of ketones is 1. The van der Waals surface area contributed by atoms with Crippen LogP contribution in [0.2, 0.25) is 0 Å². The summed E-state index contributed by atoms with van der Waals surface area (Å²) < 4.78 is 0. The van der Waals surface area contributed by atoms with Crippen molar-refractivity contribution in [3.63, 3.8) is 0 Å². The Morgan fingerprint density at radius 3 is 2.55 bits per heavy atom. The molecule has 1 spiro atoms. The molecule has 1 amide bonds. The summed E-state index contributed by atoms with van der Waals surface area (Å²) >= 11 is 0. The Hall–Kier alpha value is -2.15. The van der Waals surface area contributed by atoms with Gasteiger partial charge in [0.1, 0.15) is 5.92 Å². The first kappa shape index (κ1) is 14.8. The van der Waals surface area contributed by atoms with E-state index in [0.717, 1.165) is 12.1 Å². The SMILES string of the molecule is CC1(C)CC2(CCN(c3ccccc3)C2=O)CC(C#N)C1=O. The van der Waals surface area contributed by atoms with E-state index in [1.807, 2.05) is 44.2 Å². The molecule has 4 nitrogen and oxygen atoms in total. The molecule has 1 aromatic rings. The highest BCUT2D eigenvalue weighted by Crippen LogP contribution is 2.52. The third-order valence-corrected chi connectivity index (χ3v) is 5.10. The summed E-state index contributed by atoms with van der Waals surface area (Å²) in [6.45, 7) is 4.38. The van der Waals surface area contributed by atoms with Gasteiger partial charge in [0, 0.05) is 17.6 Å². The van der Waals surface area contributed by atoms with E-state index in [1.54, 1.807) is 4.90 Å². The standard InChI is InChI=1S/C18H20N2O2/c1-17(2)12-18(10-13(11-19)15(17)21)8-9-20(16(18)22)14-6-4-3-5-7-14/h3-7,13H,8-10,12H2,1-2H3. The summed E-state index contributed by atoms with van der Waals surface area (Å²) in [4.78, 5) is 27.2. The number of para-hydroxylation sites is 1. The first-order chi connectivity index (χ1) is 10.4. The molecule has 2 atom stereocenters. The lowest BCUT2D eigenvalue weighted by molar-refractivity contribution is -0.142. The van der Waals surface area contributed by atoms with Crippen LogP contribution in [0, 0.1) is 28.1 Å². The molecule has 0 aromatic heterocycles. The Kier molecular flexibility index (Phi) is 3.32. The van der Waals surface area contributed by atoms with Crippen LogP contribution in [0.25, 0.3) is 0 Å². The number of carbonyl (C=O) groups is 2. The highest BCUT2D eigenvalue weighted by Gasteiger charge is 2.57. The van der Waals surface area contributed by atoms with E-state index in [2.05, 4.69) is 6.07 Å². The third kappa shape index (κ3) is 2.12. The van der Waals surface area contributed by atoms with Gasteiger partial charge in [-0.15, -0.1) is 0 Å². The fourth-order valence-corrected chi connectivity index (χ4v) is 4.09. The molecule has 1 saturated carbocycles. The molecule has 2 unspecified atom stereocenters. The molecule has 1 aliphatic heterocycles. The van der Waals surface area contributed by atoms with Gasteiger partial charge in [-0.2, -0.15) is 5.26 Å². The van der Waals surface area contributed by atoms with Crippen LogP contribution < -0.4 is 4.90 Å². The lowest BCUT2D eigenvalue weighted by Crippen LogP contribution is -2.48. The second-order valence-electron chi connectivity index (χ2n) is 7.13. The van der Waals surface area contributed by atoms with Gasteiger partial charge in [-0.05, 0) is 31.4 Å². The lowest BCUT2D eigenvalue weighted by Gasteiger charge is -2.42. The minimum Gasteiger partial charge on any atom is -0.312 e. The molecule has 1 heterocycles. The molecule has 0 N–H and O–H groups in total. The van der Waals surface area contributed by atoms with E-state index in [1.165, 1.54) is 0 Å². The summed E-state index contributed by atoms with van der Waals surface area (Å²) in [7, 11) is 0. The summed E-state index contributed by atoms with van der Waals surface area (Å²) in [6.07, 6.45) is 1.63. The largest absolute Gasteiger partial charge is 0.312 e. The van der Waals surface area contributed by atoms with Crippen LogP contribution in [0.5, 0.6) is 0 Å². The van der Waals surface area contributed by atoms with E-state index < -0.39 is 16.7 Å². The molecule has 2 aliphatic rings. The second-order valence-corrected chi connectivity index (χ2v) is 7.13. The normalized spacial score (nSPS) is 30.6. The predicted molar refractivity (Wildman–Crippen MR) is 83.0 cm³/mol. The minimum atomic E-state index is -0.663. The van der Waals surface area contributed by atoms with Crippen LogP contribution in [0.1, 0.15) is 33.1 Å². The number of nitrogens with zero attached hydrogens (tertiary/aromatic N) is 2. The van der Waals surface area contributed by atoms with Gasteiger partial charge in [-0.25, -0.2) is 0 Å². The van der Waals surface area contributed by atoms with Gasteiger partial charge >= 0.3 is 0 Å². The van der Waals surface area contributed by atoms with Gasteiger partial charge in [-0.3, -0.25) is 9.59 Å². The van der Waals surface area contributed by atoms with Crippen molar-refractivity contribution in [1.82, 2.24) is 0 Å². The van der Waals surface area contributed by atoms with Gasteiger partial charge in [-0.1, -0.05) is 32.0 Å². The number of nitriles is 1. The maximum atomic E-state index is 13.0. The first-order valence-electron chi connectivity index (χ1n) is 7.71. The van der Waals surface area contributed by atoms with Gasteiger partial charge in [0.15, 0.2) is 5.78 Å². The number of benzene rings is 1. The van der Waals surface area contributed by atoms with Crippen LogP contribution in [-0.2, 0) is 9.59 Å². The summed E-state index contributed by atoms with van der Waals surface area (Å²) in [5.41, 5.74) is -0.276. The monoisotopic (exact) mass is 296 g/mol. The Morgan fingerprint density at radius 2 is 1.91 bits per heavy atom. The first-order valence-corrected chi connectivity index (χ1v) is 7.71. The van der Waals surface area contributed by atoms with Crippen molar-refractivity contribution in [2.45, 2.75) is 33.1 Å². The fraction of sp³-hybridized carbons (Fsp3) is 0.500. The van der Waals surface area contributed by atoms with Gasteiger partial charge in [0.25, 0.3) is 0 Å². The topological polar surface area (TPSA) is 61.2 Å². The molecule has 0 bridgehead atoms. The van der Waals surface area contributed by atoms with Gasteiger partial charge in [0.05, 0.1) is 11.5 Å². The van der Waals surface area contributed by atoms with Crippen molar-refractivity contribution in [1.29, 1.82) is 5.26 Å². The molecule has 4 heteroatoms. The third-order valence-electron chi connectivity index (χ3n) is 5.10. The molecular formula is C18H20N2O2. The molecule has 1 saturated heterocycles. The average Bonchev–Trinajstić information content (AvgIpc) is 2.80. The van der Waals surface area contributed by atoms with Crippen molar-refractivity contribution < 1.29 is 9.59 Å². The van der Waals surface area contributed by atoms with Crippen molar-refractivity contribution in [2.75, 3.05) is 11.4 Å². The Labute approximate surface area is 130 Å². The summed E-state index contributed by atoms with van der Waals surface area (Å²) in [5.74, 6) is -0.616. The predicted octanol–water partition coefficient (Wildman–Crippen LogP) is 2.94. The van der Waals surface area contributed by atoms with Gasteiger partial charge < -0.3 is 4.90 Å². The number of hydrogen-bond acceptors (Lipinski definition) is 3. The van der Waals surface area contributed by atoms with Crippen molar-refractivity contribution >= 4 is 17.4 Å². The lowest BCUT2D eigenvalue weighted by atomic mass is 9.59. The zero-order valence-corrected chi connectivity index (χ0v) is 13.0. The van der Waals surface area contributed by atoms with Crippen molar-refractivity contribution in [3.8, 4) is 6.07 Å². The van der Waals surface area contributed by atoms with E-state index >= 15 is 0 Å². The number of hydrogen-bond donors (Lipinski definition) is 0. The van der Waals surface area contributed by atoms with Crippen LogP contribution in [0.3, 0.4) is 0 Å². The smallest absolute Gasteiger partial charge is 0.233 e. The zero-order valence-electron chi connectivity index (χ0n) is 13.0. The molecule has 1 aliphatic carbocycles. The molecule has 3 rings (SSSR count). The average molecular weight is 296 g/mol. The molecule has 114 valence electrons. The minimum absolute atomic E-state index is 0.0217. The fourth-order valence-electron chi connectivity index (χ4n) is 4.09. The van der Waals surface area contributed by atoms with E-state index in [4.69, 9.17) is 0 Å². The number of anilines is 1. The molecule has 2 fully saturated rings. The zero-order chi connectivity index (χ0) is 16.0. The van der Waals surface area contributed by atoms with Crippen LogP contribution in [-0.4, -0.2) is 18.2 Å².